The molecular formula is C12H18N4O3. The maximum atomic E-state index is 11.0. The second-order valence-electron chi connectivity index (χ2n) is 4.66. The van der Waals surface area contributed by atoms with Crippen molar-refractivity contribution >= 4 is 11.9 Å². The maximum Gasteiger partial charge on any atom is 0.407 e. The zero-order valence-electron chi connectivity index (χ0n) is 11.3. The first-order valence-corrected chi connectivity index (χ1v) is 6.20. The summed E-state index contributed by atoms with van der Waals surface area (Å²) in [6.45, 7) is 6.75. The fourth-order valence-electron chi connectivity index (χ4n) is 2.08. The molecule has 2 rings (SSSR count). The number of carbonyl (C=O) groups is 1. The molecule has 1 amide bonds. The van der Waals surface area contributed by atoms with Gasteiger partial charge in [0.25, 0.3) is 0 Å². The van der Waals surface area contributed by atoms with Crippen LogP contribution in [0.3, 0.4) is 0 Å². The highest BCUT2D eigenvalue weighted by Gasteiger charge is 2.24. The number of hydroxylamine groups is 1. The molecule has 1 aromatic rings. The summed E-state index contributed by atoms with van der Waals surface area (Å²) >= 11 is 0. The first-order valence-electron chi connectivity index (χ1n) is 6.20. The number of hydrogen-bond acceptors (Lipinski definition) is 5. The number of rotatable bonds is 1. The Morgan fingerprint density at radius 3 is 2.79 bits per heavy atom. The Labute approximate surface area is 111 Å². The Bertz CT molecular complexity index is 460. The number of aromatic nitrogens is 2. The lowest BCUT2D eigenvalue weighted by molar-refractivity contribution is 0.0462. The van der Waals surface area contributed by atoms with Crippen molar-refractivity contribution in [1.82, 2.24) is 14.9 Å². The summed E-state index contributed by atoms with van der Waals surface area (Å²) < 4.78 is 0. The molecule has 0 aliphatic carbocycles. The van der Waals surface area contributed by atoms with E-state index in [1.54, 1.807) is 5.06 Å². The standard InChI is InChI=1S/C12H18N4O3/c1-8-6-11(14-10(3)13-8)16-5-4-15(12(17)18)7-9(2)19-16/h6,9H,4-5,7H2,1-3H3,(H,17,18)/t9-/m0/s1. The van der Waals surface area contributed by atoms with Gasteiger partial charge in [0.1, 0.15) is 11.9 Å². The average Bonchev–Trinajstić information content (AvgIpc) is 2.49. The summed E-state index contributed by atoms with van der Waals surface area (Å²) in [5.41, 5.74) is 0.859. The third-order valence-corrected chi connectivity index (χ3v) is 2.84. The molecule has 1 aromatic heterocycles. The van der Waals surface area contributed by atoms with Crippen LogP contribution in [0, 0.1) is 13.8 Å². The van der Waals surface area contributed by atoms with Crippen LogP contribution in [0.15, 0.2) is 6.07 Å². The van der Waals surface area contributed by atoms with Crippen LogP contribution in [-0.4, -0.2) is 51.8 Å². The minimum atomic E-state index is -0.924. The van der Waals surface area contributed by atoms with Crippen LogP contribution in [0.5, 0.6) is 0 Å². The average molecular weight is 266 g/mol. The third-order valence-electron chi connectivity index (χ3n) is 2.84. The Balaban J connectivity index is 2.18. The largest absolute Gasteiger partial charge is 0.465 e. The van der Waals surface area contributed by atoms with Gasteiger partial charge < -0.3 is 10.0 Å². The van der Waals surface area contributed by atoms with E-state index < -0.39 is 6.09 Å². The van der Waals surface area contributed by atoms with Crippen LogP contribution in [0.25, 0.3) is 0 Å². The topological polar surface area (TPSA) is 78.8 Å². The van der Waals surface area contributed by atoms with Crippen LogP contribution in [0.2, 0.25) is 0 Å². The van der Waals surface area contributed by atoms with Gasteiger partial charge in [0.2, 0.25) is 0 Å². The molecule has 7 nitrogen and oxygen atoms in total. The molecular weight excluding hydrogens is 248 g/mol. The molecule has 1 saturated heterocycles. The molecule has 0 unspecified atom stereocenters. The van der Waals surface area contributed by atoms with Crippen molar-refractivity contribution in [2.75, 3.05) is 24.7 Å². The molecule has 0 aromatic carbocycles. The number of nitrogens with zero attached hydrogens (tertiary/aromatic N) is 4. The van der Waals surface area contributed by atoms with Crippen molar-refractivity contribution in [1.29, 1.82) is 0 Å². The van der Waals surface area contributed by atoms with Crippen LogP contribution in [0.1, 0.15) is 18.4 Å². The zero-order valence-corrected chi connectivity index (χ0v) is 11.3. The number of anilines is 1. The fourth-order valence-corrected chi connectivity index (χ4v) is 2.08. The second-order valence-corrected chi connectivity index (χ2v) is 4.66. The molecule has 1 fully saturated rings. The molecule has 0 bridgehead atoms. The lowest BCUT2D eigenvalue weighted by atomic mass is 10.4. The van der Waals surface area contributed by atoms with E-state index in [0.717, 1.165) is 5.69 Å². The Hall–Kier alpha value is -1.89. The van der Waals surface area contributed by atoms with E-state index in [1.807, 2.05) is 26.8 Å². The van der Waals surface area contributed by atoms with E-state index >= 15 is 0 Å². The van der Waals surface area contributed by atoms with Crippen LogP contribution in [0.4, 0.5) is 10.6 Å². The van der Waals surface area contributed by atoms with Crippen molar-refractivity contribution in [2.24, 2.45) is 0 Å². The normalized spacial score (nSPS) is 20.3. The van der Waals surface area contributed by atoms with E-state index in [2.05, 4.69) is 9.97 Å². The summed E-state index contributed by atoms with van der Waals surface area (Å²) in [6, 6.07) is 1.83. The molecule has 0 saturated carbocycles. The highest BCUT2D eigenvalue weighted by Crippen LogP contribution is 2.17. The fraction of sp³-hybridized carbons (Fsp3) is 0.583. The maximum absolute atomic E-state index is 11.0. The summed E-state index contributed by atoms with van der Waals surface area (Å²) in [5, 5.41) is 10.7. The summed E-state index contributed by atoms with van der Waals surface area (Å²) in [7, 11) is 0. The van der Waals surface area contributed by atoms with Gasteiger partial charge in [-0.1, -0.05) is 0 Å². The smallest absolute Gasteiger partial charge is 0.407 e. The van der Waals surface area contributed by atoms with Crippen LogP contribution in [-0.2, 0) is 4.84 Å². The summed E-state index contributed by atoms with van der Waals surface area (Å²) in [6.07, 6.45) is -1.14. The predicted molar refractivity (Wildman–Crippen MR) is 69.0 cm³/mol. The number of hydrogen-bond donors (Lipinski definition) is 1. The molecule has 1 atom stereocenters. The highest BCUT2D eigenvalue weighted by molar-refractivity contribution is 5.65. The van der Waals surface area contributed by atoms with Gasteiger partial charge in [-0.25, -0.2) is 19.8 Å². The van der Waals surface area contributed by atoms with E-state index in [0.29, 0.717) is 31.3 Å². The lowest BCUT2D eigenvalue weighted by Crippen LogP contribution is -2.35. The molecule has 19 heavy (non-hydrogen) atoms. The van der Waals surface area contributed by atoms with E-state index in [9.17, 15) is 4.79 Å². The molecule has 0 spiro atoms. The first-order chi connectivity index (χ1) is 8.95. The highest BCUT2D eigenvalue weighted by atomic mass is 16.7. The van der Waals surface area contributed by atoms with Crippen molar-refractivity contribution in [3.63, 3.8) is 0 Å². The van der Waals surface area contributed by atoms with Crippen LogP contribution >= 0.6 is 0 Å². The summed E-state index contributed by atoms with van der Waals surface area (Å²) in [4.78, 5) is 26.7. The van der Waals surface area contributed by atoms with Gasteiger partial charge >= 0.3 is 6.09 Å². The zero-order chi connectivity index (χ0) is 14.0. The van der Waals surface area contributed by atoms with Gasteiger partial charge in [-0.2, -0.15) is 0 Å². The molecule has 1 N–H and O–H groups in total. The minimum absolute atomic E-state index is 0.214. The van der Waals surface area contributed by atoms with E-state index in [-0.39, 0.29) is 6.10 Å². The Morgan fingerprint density at radius 2 is 2.16 bits per heavy atom. The quantitative estimate of drug-likeness (QED) is 0.823. The van der Waals surface area contributed by atoms with Gasteiger partial charge in [-0.3, -0.25) is 4.84 Å². The van der Waals surface area contributed by atoms with Crippen molar-refractivity contribution in [3.05, 3.63) is 17.6 Å². The molecule has 0 radical (unpaired) electrons. The Morgan fingerprint density at radius 1 is 1.42 bits per heavy atom. The molecule has 104 valence electrons. The number of amides is 1. The van der Waals surface area contributed by atoms with E-state index in [1.165, 1.54) is 4.90 Å². The first kappa shape index (κ1) is 13.5. The van der Waals surface area contributed by atoms with Gasteiger partial charge in [-0.15, -0.1) is 0 Å². The van der Waals surface area contributed by atoms with Crippen molar-refractivity contribution in [3.8, 4) is 0 Å². The van der Waals surface area contributed by atoms with Crippen LogP contribution < -0.4 is 5.06 Å². The summed E-state index contributed by atoms with van der Waals surface area (Å²) in [5.74, 6) is 1.34. The van der Waals surface area contributed by atoms with Crippen molar-refractivity contribution in [2.45, 2.75) is 26.9 Å². The van der Waals surface area contributed by atoms with Gasteiger partial charge in [-0.05, 0) is 20.8 Å². The predicted octanol–water partition coefficient (Wildman–Crippen LogP) is 1.21. The number of aryl methyl sites for hydroxylation is 2. The lowest BCUT2D eigenvalue weighted by Gasteiger charge is -2.22. The molecule has 1 aliphatic rings. The monoisotopic (exact) mass is 266 g/mol. The molecule has 2 heterocycles. The van der Waals surface area contributed by atoms with Gasteiger partial charge in [0.15, 0.2) is 5.82 Å². The van der Waals surface area contributed by atoms with Gasteiger partial charge in [0, 0.05) is 18.3 Å². The van der Waals surface area contributed by atoms with E-state index in [4.69, 9.17) is 9.94 Å². The Kier molecular flexibility index (Phi) is 3.84. The molecule has 1 aliphatic heterocycles. The number of carboxylic acid groups (broad SMARTS) is 1. The molecule has 7 heteroatoms. The van der Waals surface area contributed by atoms with Crippen molar-refractivity contribution < 1.29 is 14.7 Å². The minimum Gasteiger partial charge on any atom is -0.465 e. The SMILES string of the molecule is Cc1cc(N2CCN(C(=O)O)C[C@H](C)O2)nc(C)n1. The second kappa shape index (κ2) is 5.40. The third kappa shape index (κ3) is 3.31. The van der Waals surface area contributed by atoms with Gasteiger partial charge in [0.05, 0.1) is 13.1 Å².